The summed E-state index contributed by atoms with van der Waals surface area (Å²) in [5.74, 6) is -0.178. The van der Waals surface area contributed by atoms with Crippen LogP contribution in [0.1, 0.15) is 27.2 Å². The summed E-state index contributed by atoms with van der Waals surface area (Å²) in [6, 6.07) is 13.5. The van der Waals surface area contributed by atoms with Gasteiger partial charge in [0.2, 0.25) is 0 Å². The fourth-order valence-electron chi connectivity index (χ4n) is 2.42. The summed E-state index contributed by atoms with van der Waals surface area (Å²) < 4.78 is 0. The molecule has 3 aromatic rings. The average molecular weight is 332 g/mol. The molecule has 0 aliphatic carbocycles. The predicted molar refractivity (Wildman–Crippen MR) is 99.7 cm³/mol. The lowest BCUT2D eigenvalue weighted by Crippen LogP contribution is -2.14. The quantitative estimate of drug-likeness (QED) is 0.742. The topological polar surface area (TPSA) is 66.9 Å². The van der Waals surface area contributed by atoms with Gasteiger partial charge in [-0.15, -0.1) is 0 Å². The van der Waals surface area contributed by atoms with Crippen LogP contribution in [0.25, 0.3) is 0 Å². The molecule has 0 atom stereocenters. The van der Waals surface area contributed by atoms with Gasteiger partial charge in [0.05, 0.1) is 23.5 Å². The molecule has 0 aliphatic rings. The first kappa shape index (κ1) is 16.6. The molecule has 5 nitrogen and oxygen atoms in total. The molecule has 3 rings (SSSR count). The molecule has 2 N–H and O–H groups in total. The van der Waals surface area contributed by atoms with Crippen LogP contribution < -0.4 is 10.6 Å². The van der Waals surface area contributed by atoms with Gasteiger partial charge in [0, 0.05) is 24.3 Å². The third kappa shape index (κ3) is 4.41. The SMILES string of the molecule is Cc1ccc(C)c(NC(=O)c2cncc(NCc3ccccn3)c2)c1. The molecule has 0 unspecified atom stereocenters. The first-order chi connectivity index (χ1) is 12.1. The van der Waals surface area contributed by atoms with Crippen molar-refractivity contribution >= 4 is 17.3 Å². The minimum absolute atomic E-state index is 0.178. The Morgan fingerprint density at radius 3 is 2.76 bits per heavy atom. The number of anilines is 2. The lowest BCUT2D eigenvalue weighted by atomic mass is 10.1. The lowest BCUT2D eigenvalue weighted by molar-refractivity contribution is 0.102. The van der Waals surface area contributed by atoms with Crippen LogP contribution in [-0.2, 0) is 6.54 Å². The highest BCUT2D eigenvalue weighted by molar-refractivity contribution is 6.05. The second-order valence-corrected chi connectivity index (χ2v) is 5.91. The highest BCUT2D eigenvalue weighted by atomic mass is 16.1. The Bertz CT molecular complexity index is 878. The number of aromatic nitrogens is 2. The molecule has 1 aromatic carbocycles. The van der Waals surface area contributed by atoms with Crippen LogP contribution in [0.15, 0.2) is 61.1 Å². The van der Waals surface area contributed by atoms with Crippen molar-refractivity contribution in [1.29, 1.82) is 0 Å². The molecule has 0 saturated carbocycles. The van der Waals surface area contributed by atoms with E-state index in [0.29, 0.717) is 12.1 Å². The molecule has 2 aromatic heterocycles. The van der Waals surface area contributed by atoms with Crippen LogP contribution in [0.5, 0.6) is 0 Å². The summed E-state index contributed by atoms with van der Waals surface area (Å²) >= 11 is 0. The third-order valence-electron chi connectivity index (χ3n) is 3.84. The molecule has 0 fully saturated rings. The Kier molecular flexibility index (Phi) is 5.04. The van der Waals surface area contributed by atoms with Crippen LogP contribution in [0.4, 0.5) is 11.4 Å². The van der Waals surface area contributed by atoms with Gasteiger partial charge in [0.1, 0.15) is 0 Å². The number of nitrogens with one attached hydrogen (secondary N) is 2. The van der Waals surface area contributed by atoms with Crippen LogP contribution in [-0.4, -0.2) is 15.9 Å². The summed E-state index contributed by atoms with van der Waals surface area (Å²) in [4.78, 5) is 20.9. The second-order valence-electron chi connectivity index (χ2n) is 5.91. The standard InChI is InChI=1S/C20H20N4O/c1-14-6-7-15(2)19(9-14)24-20(25)16-10-18(12-21-11-16)23-13-17-5-3-4-8-22-17/h3-12,23H,13H2,1-2H3,(H,24,25). The number of benzene rings is 1. The van der Waals surface area contributed by atoms with E-state index in [1.54, 1.807) is 24.7 Å². The zero-order chi connectivity index (χ0) is 17.6. The number of hydrogen-bond acceptors (Lipinski definition) is 4. The van der Waals surface area contributed by atoms with E-state index in [2.05, 4.69) is 20.6 Å². The van der Waals surface area contributed by atoms with E-state index in [1.807, 2.05) is 50.2 Å². The summed E-state index contributed by atoms with van der Waals surface area (Å²) in [7, 11) is 0. The van der Waals surface area contributed by atoms with Gasteiger partial charge in [-0.25, -0.2) is 0 Å². The van der Waals surface area contributed by atoms with E-state index in [-0.39, 0.29) is 5.91 Å². The highest BCUT2D eigenvalue weighted by Gasteiger charge is 2.09. The highest BCUT2D eigenvalue weighted by Crippen LogP contribution is 2.18. The largest absolute Gasteiger partial charge is 0.378 e. The maximum atomic E-state index is 12.5. The molecular formula is C20H20N4O. The van der Waals surface area contributed by atoms with Gasteiger partial charge in [-0.1, -0.05) is 18.2 Å². The van der Waals surface area contributed by atoms with E-state index < -0.39 is 0 Å². The van der Waals surface area contributed by atoms with Crippen molar-refractivity contribution in [2.24, 2.45) is 0 Å². The molecule has 25 heavy (non-hydrogen) atoms. The maximum Gasteiger partial charge on any atom is 0.257 e. The van der Waals surface area contributed by atoms with Gasteiger partial charge in [0.15, 0.2) is 0 Å². The number of hydrogen-bond donors (Lipinski definition) is 2. The minimum atomic E-state index is -0.178. The Morgan fingerprint density at radius 1 is 1.08 bits per heavy atom. The van der Waals surface area contributed by atoms with Crippen LogP contribution in [0.2, 0.25) is 0 Å². The molecule has 0 saturated heterocycles. The lowest BCUT2D eigenvalue weighted by Gasteiger charge is -2.10. The monoisotopic (exact) mass is 332 g/mol. The average Bonchev–Trinajstić information content (AvgIpc) is 2.64. The zero-order valence-corrected chi connectivity index (χ0v) is 14.3. The van der Waals surface area contributed by atoms with Gasteiger partial charge in [-0.05, 0) is 49.2 Å². The molecule has 126 valence electrons. The van der Waals surface area contributed by atoms with Crippen LogP contribution in [0, 0.1) is 13.8 Å². The van der Waals surface area contributed by atoms with E-state index in [4.69, 9.17) is 0 Å². The molecule has 1 amide bonds. The molecule has 0 radical (unpaired) electrons. The smallest absolute Gasteiger partial charge is 0.257 e. The van der Waals surface area contributed by atoms with E-state index in [9.17, 15) is 4.79 Å². The molecule has 2 heterocycles. The molecule has 0 bridgehead atoms. The molecular weight excluding hydrogens is 312 g/mol. The number of carbonyl (C=O) groups is 1. The number of nitrogens with zero attached hydrogens (tertiary/aromatic N) is 2. The molecule has 5 heteroatoms. The van der Waals surface area contributed by atoms with Crippen molar-refractivity contribution in [1.82, 2.24) is 9.97 Å². The first-order valence-corrected chi connectivity index (χ1v) is 8.09. The number of amides is 1. The fourth-order valence-corrected chi connectivity index (χ4v) is 2.42. The van der Waals surface area contributed by atoms with Crippen molar-refractivity contribution < 1.29 is 4.79 Å². The Hall–Kier alpha value is -3.21. The van der Waals surface area contributed by atoms with Crippen LogP contribution >= 0.6 is 0 Å². The third-order valence-corrected chi connectivity index (χ3v) is 3.84. The fraction of sp³-hybridized carbons (Fsp3) is 0.150. The van der Waals surface area contributed by atoms with Gasteiger partial charge < -0.3 is 10.6 Å². The molecule has 0 aliphatic heterocycles. The normalized spacial score (nSPS) is 10.3. The van der Waals surface area contributed by atoms with Gasteiger partial charge in [0.25, 0.3) is 5.91 Å². The molecule has 0 spiro atoms. The van der Waals surface area contributed by atoms with Gasteiger partial charge in [-0.2, -0.15) is 0 Å². The Morgan fingerprint density at radius 2 is 1.96 bits per heavy atom. The van der Waals surface area contributed by atoms with Crippen molar-refractivity contribution in [2.75, 3.05) is 10.6 Å². The second kappa shape index (κ2) is 7.57. The Balaban J connectivity index is 1.70. The summed E-state index contributed by atoms with van der Waals surface area (Å²) in [6.45, 7) is 4.54. The summed E-state index contributed by atoms with van der Waals surface area (Å²) in [6.07, 6.45) is 5.01. The summed E-state index contributed by atoms with van der Waals surface area (Å²) in [5.41, 5.74) is 5.15. The minimum Gasteiger partial charge on any atom is -0.378 e. The number of pyridine rings is 2. The van der Waals surface area contributed by atoms with Gasteiger partial charge >= 0.3 is 0 Å². The maximum absolute atomic E-state index is 12.5. The van der Waals surface area contributed by atoms with Crippen molar-refractivity contribution in [2.45, 2.75) is 20.4 Å². The van der Waals surface area contributed by atoms with E-state index in [1.165, 1.54) is 0 Å². The first-order valence-electron chi connectivity index (χ1n) is 8.09. The van der Waals surface area contributed by atoms with Crippen molar-refractivity contribution in [3.63, 3.8) is 0 Å². The summed E-state index contributed by atoms with van der Waals surface area (Å²) in [5, 5.41) is 6.18. The van der Waals surface area contributed by atoms with E-state index >= 15 is 0 Å². The van der Waals surface area contributed by atoms with Crippen LogP contribution in [0.3, 0.4) is 0 Å². The Labute approximate surface area is 147 Å². The van der Waals surface area contributed by atoms with Crippen molar-refractivity contribution in [3.8, 4) is 0 Å². The van der Waals surface area contributed by atoms with E-state index in [0.717, 1.165) is 28.2 Å². The number of aryl methyl sites for hydroxylation is 2. The number of carbonyl (C=O) groups excluding carboxylic acids is 1. The van der Waals surface area contributed by atoms with Gasteiger partial charge in [-0.3, -0.25) is 14.8 Å². The van der Waals surface area contributed by atoms with Crippen molar-refractivity contribution in [3.05, 3.63) is 83.4 Å². The number of rotatable bonds is 5. The predicted octanol–water partition coefficient (Wildman–Crippen LogP) is 3.96. The zero-order valence-electron chi connectivity index (χ0n) is 14.3.